The van der Waals surface area contributed by atoms with E-state index in [9.17, 15) is 8.78 Å². The van der Waals surface area contributed by atoms with E-state index in [1.165, 1.54) is 0 Å². The predicted octanol–water partition coefficient (Wildman–Crippen LogP) is 4.47. The molecule has 0 atom stereocenters. The zero-order valence-corrected chi connectivity index (χ0v) is 11.4. The minimum absolute atomic E-state index is 0.0297. The van der Waals surface area contributed by atoms with Crippen molar-refractivity contribution in [1.29, 1.82) is 0 Å². The van der Waals surface area contributed by atoms with Crippen molar-refractivity contribution in [2.24, 2.45) is 0 Å². The van der Waals surface area contributed by atoms with Gasteiger partial charge in [0, 0.05) is 11.4 Å². The molecule has 2 nitrogen and oxygen atoms in total. The van der Waals surface area contributed by atoms with E-state index in [4.69, 9.17) is 11.6 Å². The third-order valence-electron chi connectivity index (χ3n) is 2.35. The molecule has 0 saturated heterocycles. The lowest BCUT2D eigenvalue weighted by molar-refractivity contribution is 0.00807. The average Bonchev–Trinajstić information content (AvgIpc) is 2.21. The number of nitrogens with zero attached hydrogens (tertiary/aromatic N) is 2. The van der Waals surface area contributed by atoms with Gasteiger partial charge in [-0.3, -0.25) is 0 Å². The number of aryl methyl sites for hydroxylation is 1. The number of aromatic nitrogens is 2. The lowest BCUT2D eigenvalue weighted by Gasteiger charge is -2.12. The third-order valence-corrected chi connectivity index (χ3v) is 3.28. The predicted molar refractivity (Wildman–Crippen MR) is 66.6 cm³/mol. The Morgan fingerprint density at radius 1 is 1.29 bits per heavy atom. The SMILES string of the molecule is Cc1ccc(Br)c2c(Cl)nc(C(C)(F)F)nc12. The van der Waals surface area contributed by atoms with Crippen LogP contribution in [-0.4, -0.2) is 9.97 Å². The number of halogens is 4. The second-order valence-corrected chi connectivity index (χ2v) is 5.03. The van der Waals surface area contributed by atoms with Crippen LogP contribution in [0.15, 0.2) is 16.6 Å². The summed E-state index contributed by atoms with van der Waals surface area (Å²) in [6, 6.07) is 3.57. The molecule has 0 unspecified atom stereocenters. The number of alkyl halides is 2. The minimum Gasteiger partial charge on any atom is -0.227 e. The maximum atomic E-state index is 13.2. The molecule has 1 aromatic heterocycles. The molecule has 0 saturated carbocycles. The van der Waals surface area contributed by atoms with E-state index < -0.39 is 11.7 Å². The Kier molecular flexibility index (Phi) is 3.08. The molecule has 0 amide bonds. The molecule has 0 radical (unpaired) electrons. The second kappa shape index (κ2) is 4.14. The first kappa shape index (κ1) is 12.6. The fourth-order valence-electron chi connectivity index (χ4n) is 1.49. The van der Waals surface area contributed by atoms with Gasteiger partial charge in [0.2, 0.25) is 5.82 Å². The molecule has 2 rings (SSSR count). The van der Waals surface area contributed by atoms with Crippen molar-refractivity contribution in [2.45, 2.75) is 19.8 Å². The first-order valence-corrected chi connectivity index (χ1v) is 5.98. The van der Waals surface area contributed by atoms with E-state index in [1.54, 1.807) is 19.1 Å². The van der Waals surface area contributed by atoms with Crippen molar-refractivity contribution in [2.75, 3.05) is 0 Å². The Labute approximate surface area is 110 Å². The topological polar surface area (TPSA) is 25.8 Å². The highest BCUT2D eigenvalue weighted by atomic mass is 79.9. The van der Waals surface area contributed by atoms with Crippen LogP contribution in [0.25, 0.3) is 10.9 Å². The highest BCUT2D eigenvalue weighted by Gasteiger charge is 2.29. The van der Waals surface area contributed by atoms with Crippen LogP contribution in [0.3, 0.4) is 0 Å². The quantitative estimate of drug-likeness (QED) is 0.724. The zero-order valence-electron chi connectivity index (χ0n) is 9.06. The summed E-state index contributed by atoms with van der Waals surface area (Å²) in [7, 11) is 0. The van der Waals surface area contributed by atoms with E-state index in [-0.39, 0.29) is 5.15 Å². The molecule has 0 bridgehead atoms. The third kappa shape index (κ3) is 2.26. The van der Waals surface area contributed by atoms with E-state index in [0.29, 0.717) is 15.4 Å². The van der Waals surface area contributed by atoms with E-state index in [1.807, 2.05) is 0 Å². The number of hydrogen-bond donors (Lipinski definition) is 0. The summed E-state index contributed by atoms with van der Waals surface area (Å²) < 4.78 is 27.1. The van der Waals surface area contributed by atoms with Gasteiger partial charge < -0.3 is 0 Å². The largest absolute Gasteiger partial charge is 0.303 e. The number of hydrogen-bond acceptors (Lipinski definition) is 2. The van der Waals surface area contributed by atoms with Crippen molar-refractivity contribution < 1.29 is 8.78 Å². The molecule has 0 aliphatic carbocycles. The van der Waals surface area contributed by atoms with E-state index >= 15 is 0 Å². The lowest BCUT2D eigenvalue weighted by Crippen LogP contribution is -2.13. The van der Waals surface area contributed by atoms with Gasteiger partial charge in [-0.25, -0.2) is 9.97 Å². The van der Waals surface area contributed by atoms with Crippen LogP contribution >= 0.6 is 27.5 Å². The Balaban J connectivity index is 2.87. The number of benzene rings is 1. The van der Waals surface area contributed by atoms with Gasteiger partial charge in [-0.1, -0.05) is 17.7 Å². The Bertz CT molecular complexity index is 596. The summed E-state index contributed by atoms with van der Waals surface area (Å²) in [5.41, 5.74) is 1.22. The lowest BCUT2D eigenvalue weighted by atomic mass is 10.1. The summed E-state index contributed by atoms with van der Waals surface area (Å²) in [5.74, 6) is -3.66. The summed E-state index contributed by atoms with van der Waals surface area (Å²) in [5, 5.41) is 0.585. The highest BCUT2D eigenvalue weighted by Crippen LogP contribution is 2.33. The summed E-state index contributed by atoms with van der Waals surface area (Å²) in [6.45, 7) is 2.54. The van der Waals surface area contributed by atoms with Gasteiger partial charge in [0.15, 0.2) is 0 Å². The monoisotopic (exact) mass is 320 g/mol. The van der Waals surface area contributed by atoms with E-state index in [2.05, 4.69) is 25.9 Å². The van der Waals surface area contributed by atoms with Gasteiger partial charge >= 0.3 is 5.92 Å². The molecule has 0 N–H and O–H groups in total. The van der Waals surface area contributed by atoms with Crippen LogP contribution in [0.2, 0.25) is 5.15 Å². The van der Waals surface area contributed by atoms with Crippen LogP contribution in [0.4, 0.5) is 8.78 Å². The number of fused-ring (bicyclic) bond motifs is 1. The van der Waals surface area contributed by atoms with Crippen LogP contribution < -0.4 is 0 Å². The van der Waals surface area contributed by atoms with Crippen molar-refractivity contribution in [3.63, 3.8) is 0 Å². The molecule has 0 aliphatic rings. The summed E-state index contributed by atoms with van der Waals surface area (Å²) >= 11 is 9.24. The summed E-state index contributed by atoms with van der Waals surface area (Å²) in [6.07, 6.45) is 0. The van der Waals surface area contributed by atoms with Gasteiger partial charge in [0.05, 0.1) is 10.9 Å². The first-order chi connectivity index (χ1) is 7.80. The zero-order chi connectivity index (χ0) is 12.8. The van der Waals surface area contributed by atoms with Gasteiger partial charge in [0.25, 0.3) is 0 Å². The van der Waals surface area contributed by atoms with Gasteiger partial charge in [0.1, 0.15) is 5.15 Å². The maximum absolute atomic E-state index is 13.2. The molecule has 1 heterocycles. The number of rotatable bonds is 1. The van der Waals surface area contributed by atoms with Crippen LogP contribution in [0, 0.1) is 6.92 Å². The first-order valence-electron chi connectivity index (χ1n) is 4.81. The molecule has 17 heavy (non-hydrogen) atoms. The highest BCUT2D eigenvalue weighted by molar-refractivity contribution is 9.10. The van der Waals surface area contributed by atoms with Crippen LogP contribution in [0.1, 0.15) is 18.3 Å². The van der Waals surface area contributed by atoms with Crippen LogP contribution in [0.5, 0.6) is 0 Å². The molecule has 90 valence electrons. The van der Waals surface area contributed by atoms with Crippen LogP contribution in [-0.2, 0) is 5.92 Å². The maximum Gasteiger partial charge on any atom is 0.303 e. The molecule has 0 fully saturated rings. The standard InChI is InChI=1S/C11H8BrClF2N2/c1-5-3-4-6(12)7-8(5)16-10(11(2,14)15)17-9(7)13/h3-4H,1-2H3. The van der Waals surface area contributed by atoms with Crippen molar-refractivity contribution in [3.05, 3.63) is 33.1 Å². The van der Waals surface area contributed by atoms with E-state index in [0.717, 1.165) is 12.5 Å². The Hall–Kier alpha value is -0.810. The normalized spacial score (nSPS) is 12.1. The summed E-state index contributed by atoms with van der Waals surface area (Å²) in [4.78, 5) is 7.54. The van der Waals surface area contributed by atoms with Crippen molar-refractivity contribution >= 4 is 38.4 Å². The molecule has 0 aliphatic heterocycles. The molecule has 2 aromatic rings. The second-order valence-electron chi connectivity index (χ2n) is 3.81. The Morgan fingerprint density at radius 2 is 1.94 bits per heavy atom. The average molecular weight is 322 g/mol. The van der Waals surface area contributed by atoms with Crippen molar-refractivity contribution in [1.82, 2.24) is 9.97 Å². The van der Waals surface area contributed by atoms with Gasteiger partial charge in [-0.05, 0) is 34.5 Å². The fraction of sp³-hybridized carbons (Fsp3) is 0.273. The van der Waals surface area contributed by atoms with Gasteiger partial charge in [-0.2, -0.15) is 8.78 Å². The minimum atomic E-state index is -3.10. The fourth-order valence-corrected chi connectivity index (χ4v) is 2.38. The van der Waals surface area contributed by atoms with Gasteiger partial charge in [-0.15, -0.1) is 0 Å². The molecule has 0 spiro atoms. The molecule has 6 heteroatoms. The molecular formula is C11H8BrClF2N2. The Morgan fingerprint density at radius 3 is 2.53 bits per heavy atom. The smallest absolute Gasteiger partial charge is 0.227 e. The molecule has 1 aromatic carbocycles. The molecular weight excluding hydrogens is 313 g/mol. The van der Waals surface area contributed by atoms with Crippen molar-refractivity contribution in [3.8, 4) is 0 Å².